The van der Waals surface area contributed by atoms with Gasteiger partial charge in [-0.1, -0.05) is 0 Å². The lowest BCUT2D eigenvalue weighted by Gasteiger charge is -2.41. The second-order valence-electron chi connectivity index (χ2n) is 8.21. The molecule has 0 radical (unpaired) electrons. The highest BCUT2D eigenvalue weighted by Gasteiger charge is 2.36. The second kappa shape index (κ2) is 7.91. The van der Waals surface area contributed by atoms with Crippen LogP contribution < -0.4 is 4.90 Å². The molecular formula is C20H31N5O. The largest absolute Gasteiger partial charge is 0.350 e. The van der Waals surface area contributed by atoms with Crippen molar-refractivity contribution in [2.75, 3.05) is 37.6 Å². The first-order valence-electron chi connectivity index (χ1n) is 10.2. The summed E-state index contributed by atoms with van der Waals surface area (Å²) < 4.78 is 0. The van der Waals surface area contributed by atoms with Crippen molar-refractivity contribution in [1.82, 2.24) is 19.8 Å². The van der Waals surface area contributed by atoms with Crippen molar-refractivity contribution in [2.24, 2.45) is 5.92 Å². The summed E-state index contributed by atoms with van der Waals surface area (Å²) in [5.74, 6) is 1.98. The number of anilines is 1. The van der Waals surface area contributed by atoms with Crippen LogP contribution in [0.25, 0.3) is 0 Å². The van der Waals surface area contributed by atoms with Crippen LogP contribution in [0.3, 0.4) is 0 Å². The van der Waals surface area contributed by atoms with E-state index in [2.05, 4.69) is 25.8 Å². The van der Waals surface area contributed by atoms with Gasteiger partial charge in [0.2, 0.25) is 5.91 Å². The zero-order valence-electron chi connectivity index (χ0n) is 15.9. The molecule has 1 aromatic heterocycles. The Hall–Kier alpha value is -1.69. The third-order valence-corrected chi connectivity index (χ3v) is 6.20. The standard InChI is InChI=1S/C20H31N5O/c1-16(26)24-10-2-3-17(14-24)13-23-11-7-19(8-12-23)25(18-4-5-18)20-6-9-21-15-22-20/h6,9,15,17-19H,2-5,7-8,10-14H2,1H3. The quantitative estimate of drug-likeness (QED) is 0.808. The number of nitrogens with zero attached hydrogens (tertiary/aromatic N) is 5. The summed E-state index contributed by atoms with van der Waals surface area (Å²) in [6.45, 7) is 7.07. The molecule has 3 aliphatic rings. The lowest BCUT2D eigenvalue weighted by molar-refractivity contribution is -0.130. The van der Waals surface area contributed by atoms with Crippen LogP contribution in [0, 0.1) is 5.92 Å². The summed E-state index contributed by atoms with van der Waals surface area (Å²) in [6.07, 6.45) is 11.0. The van der Waals surface area contributed by atoms with Crippen LogP contribution in [-0.2, 0) is 4.79 Å². The maximum atomic E-state index is 11.7. The molecule has 3 heterocycles. The zero-order chi connectivity index (χ0) is 17.9. The van der Waals surface area contributed by atoms with Crippen molar-refractivity contribution in [2.45, 2.75) is 57.5 Å². The minimum absolute atomic E-state index is 0.235. The molecule has 1 aromatic rings. The maximum absolute atomic E-state index is 11.7. The van der Waals surface area contributed by atoms with Crippen molar-refractivity contribution in [3.05, 3.63) is 18.6 Å². The average molecular weight is 358 g/mol. The Morgan fingerprint density at radius 1 is 1.15 bits per heavy atom. The third-order valence-electron chi connectivity index (χ3n) is 6.20. The molecule has 1 unspecified atom stereocenters. The topological polar surface area (TPSA) is 52.6 Å². The van der Waals surface area contributed by atoms with Crippen LogP contribution >= 0.6 is 0 Å². The van der Waals surface area contributed by atoms with Crippen molar-refractivity contribution < 1.29 is 4.79 Å². The molecule has 1 amide bonds. The highest BCUT2D eigenvalue weighted by molar-refractivity contribution is 5.73. The molecule has 3 fully saturated rings. The van der Waals surface area contributed by atoms with E-state index in [0.717, 1.165) is 45.0 Å². The Morgan fingerprint density at radius 2 is 1.92 bits per heavy atom. The molecule has 0 bridgehead atoms. The van der Waals surface area contributed by atoms with E-state index in [-0.39, 0.29) is 5.91 Å². The number of hydrogen-bond donors (Lipinski definition) is 0. The third kappa shape index (κ3) is 4.17. The molecule has 2 saturated heterocycles. The zero-order valence-corrected chi connectivity index (χ0v) is 15.9. The Kier molecular flexibility index (Phi) is 5.38. The van der Waals surface area contributed by atoms with Gasteiger partial charge in [0.05, 0.1) is 0 Å². The molecular weight excluding hydrogens is 326 g/mol. The molecule has 0 N–H and O–H groups in total. The Balaban J connectivity index is 1.30. The van der Waals surface area contributed by atoms with E-state index in [1.54, 1.807) is 13.3 Å². The smallest absolute Gasteiger partial charge is 0.219 e. The van der Waals surface area contributed by atoms with Crippen molar-refractivity contribution in [3.8, 4) is 0 Å². The van der Waals surface area contributed by atoms with Crippen LogP contribution in [0.5, 0.6) is 0 Å². The first-order valence-corrected chi connectivity index (χ1v) is 10.2. The van der Waals surface area contributed by atoms with Crippen LogP contribution in [0.4, 0.5) is 5.82 Å². The van der Waals surface area contributed by atoms with Gasteiger partial charge in [0.25, 0.3) is 0 Å². The first-order chi connectivity index (χ1) is 12.7. The number of rotatable bonds is 5. The first kappa shape index (κ1) is 17.7. The van der Waals surface area contributed by atoms with Crippen LogP contribution in [-0.4, -0.2) is 70.5 Å². The lowest BCUT2D eigenvalue weighted by Crippen LogP contribution is -2.49. The molecule has 26 heavy (non-hydrogen) atoms. The van der Waals surface area contributed by atoms with E-state index >= 15 is 0 Å². The molecule has 0 spiro atoms. The number of hydrogen-bond acceptors (Lipinski definition) is 5. The van der Waals surface area contributed by atoms with Gasteiger partial charge in [-0.05, 0) is 50.5 Å². The van der Waals surface area contributed by atoms with Crippen molar-refractivity contribution in [1.29, 1.82) is 0 Å². The molecule has 6 heteroatoms. The summed E-state index contributed by atoms with van der Waals surface area (Å²) >= 11 is 0. The number of carbonyl (C=O) groups excluding carboxylic acids is 1. The number of amides is 1. The van der Waals surface area contributed by atoms with E-state index in [4.69, 9.17) is 0 Å². The van der Waals surface area contributed by atoms with E-state index in [9.17, 15) is 4.79 Å². The predicted molar refractivity (Wildman–Crippen MR) is 102 cm³/mol. The van der Waals surface area contributed by atoms with Crippen LogP contribution in [0.15, 0.2) is 18.6 Å². The Morgan fingerprint density at radius 3 is 2.58 bits per heavy atom. The number of likely N-dealkylation sites (tertiary alicyclic amines) is 2. The van der Waals surface area contributed by atoms with E-state index in [0.29, 0.717) is 18.0 Å². The number of carbonyl (C=O) groups is 1. The number of piperidine rings is 2. The molecule has 6 nitrogen and oxygen atoms in total. The predicted octanol–water partition coefficient (Wildman–Crippen LogP) is 2.17. The minimum Gasteiger partial charge on any atom is -0.350 e. The van der Waals surface area contributed by atoms with E-state index in [1.807, 2.05) is 11.1 Å². The summed E-state index contributed by atoms with van der Waals surface area (Å²) in [4.78, 5) is 27.5. The fraction of sp³-hybridized carbons (Fsp3) is 0.750. The maximum Gasteiger partial charge on any atom is 0.219 e. The fourth-order valence-electron chi connectivity index (χ4n) is 4.71. The van der Waals surface area contributed by atoms with Gasteiger partial charge in [0, 0.05) is 57.9 Å². The van der Waals surface area contributed by atoms with Gasteiger partial charge in [0.1, 0.15) is 12.1 Å². The van der Waals surface area contributed by atoms with Crippen LogP contribution in [0.2, 0.25) is 0 Å². The lowest BCUT2D eigenvalue weighted by atomic mass is 9.95. The van der Waals surface area contributed by atoms with Gasteiger partial charge in [0.15, 0.2) is 0 Å². The monoisotopic (exact) mass is 357 g/mol. The van der Waals surface area contributed by atoms with E-state index in [1.165, 1.54) is 32.1 Å². The molecule has 1 aliphatic carbocycles. The molecule has 4 rings (SSSR count). The fourth-order valence-corrected chi connectivity index (χ4v) is 4.71. The summed E-state index contributed by atoms with van der Waals surface area (Å²) in [5.41, 5.74) is 0. The summed E-state index contributed by atoms with van der Waals surface area (Å²) in [7, 11) is 0. The summed E-state index contributed by atoms with van der Waals surface area (Å²) in [5, 5.41) is 0. The summed E-state index contributed by atoms with van der Waals surface area (Å²) in [6, 6.07) is 3.35. The Bertz CT molecular complexity index is 597. The molecule has 1 saturated carbocycles. The molecule has 1 atom stereocenters. The minimum atomic E-state index is 0.235. The second-order valence-corrected chi connectivity index (χ2v) is 8.21. The molecule has 2 aliphatic heterocycles. The highest BCUT2D eigenvalue weighted by Crippen LogP contribution is 2.35. The SMILES string of the molecule is CC(=O)N1CCCC(CN2CCC(N(c3ccncn3)C3CC3)CC2)C1. The van der Waals surface area contributed by atoms with Crippen molar-refractivity contribution >= 4 is 11.7 Å². The average Bonchev–Trinajstić information content (AvgIpc) is 3.49. The Labute approximate surface area is 156 Å². The van der Waals surface area contributed by atoms with Crippen molar-refractivity contribution in [3.63, 3.8) is 0 Å². The normalized spacial score (nSPS) is 25.3. The number of aromatic nitrogens is 2. The molecule has 0 aromatic carbocycles. The van der Waals surface area contributed by atoms with E-state index < -0.39 is 0 Å². The van der Waals surface area contributed by atoms with Gasteiger partial charge in [-0.3, -0.25) is 4.79 Å². The van der Waals surface area contributed by atoms with Crippen LogP contribution in [0.1, 0.15) is 45.4 Å². The van der Waals surface area contributed by atoms with Gasteiger partial charge in [-0.15, -0.1) is 0 Å². The van der Waals surface area contributed by atoms with Gasteiger partial charge < -0.3 is 14.7 Å². The van der Waals surface area contributed by atoms with Gasteiger partial charge in [-0.2, -0.15) is 0 Å². The highest BCUT2D eigenvalue weighted by atomic mass is 16.2. The van der Waals surface area contributed by atoms with Gasteiger partial charge in [-0.25, -0.2) is 9.97 Å². The van der Waals surface area contributed by atoms with Gasteiger partial charge >= 0.3 is 0 Å². The molecule has 142 valence electrons.